The second-order valence-corrected chi connectivity index (χ2v) is 5.14. The molecule has 1 aromatic rings. The molecule has 2 nitrogen and oxygen atoms in total. The first-order valence-corrected chi connectivity index (χ1v) is 6.91. The van der Waals surface area contributed by atoms with Gasteiger partial charge in [-0.1, -0.05) is 33.6 Å². The van der Waals surface area contributed by atoms with Crippen LogP contribution in [0.3, 0.4) is 0 Å². The first-order chi connectivity index (χ1) is 7.70. The molecular weight excluding hydrogens is 266 g/mol. The zero-order valence-corrected chi connectivity index (χ0v) is 11.2. The fourth-order valence-electron chi connectivity index (χ4n) is 2.30. The van der Waals surface area contributed by atoms with Crippen LogP contribution in [0.25, 0.3) is 0 Å². The molecule has 16 heavy (non-hydrogen) atoms. The van der Waals surface area contributed by atoms with Gasteiger partial charge in [0.15, 0.2) is 0 Å². The molecule has 3 heteroatoms. The lowest BCUT2D eigenvalue weighted by molar-refractivity contribution is 0.205. The van der Waals surface area contributed by atoms with Crippen molar-refractivity contribution in [3.63, 3.8) is 0 Å². The largest absolute Gasteiger partial charge is 0.390 e. The SMILES string of the molecule is Cc1ccc2c(c1)CCCN2CC(O)CBr. The number of β-amino-alcohol motifs (C(OH)–C–C–N with tert-alkyl or cyclic N) is 1. The highest BCUT2D eigenvalue weighted by Gasteiger charge is 2.18. The van der Waals surface area contributed by atoms with E-state index in [4.69, 9.17) is 0 Å². The highest BCUT2D eigenvalue weighted by atomic mass is 79.9. The number of anilines is 1. The van der Waals surface area contributed by atoms with Gasteiger partial charge in [-0.25, -0.2) is 0 Å². The quantitative estimate of drug-likeness (QED) is 0.862. The molecule has 0 aliphatic carbocycles. The Morgan fingerprint density at radius 2 is 2.31 bits per heavy atom. The van der Waals surface area contributed by atoms with Crippen molar-refractivity contribution in [2.24, 2.45) is 0 Å². The van der Waals surface area contributed by atoms with Crippen molar-refractivity contribution < 1.29 is 5.11 Å². The molecule has 0 bridgehead atoms. The van der Waals surface area contributed by atoms with Crippen molar-refractivity contribution in [2.45, 2.75) is 25.9 Å². The molecule has 0 amide bonds. The Labute approximate surface area is 105 Å². The second kappa shape index (κ2) is 5.19. The van der Waals surface area contributed by atoms with Gasteiger partial charge in [-0.15, -0.1) is 0 Å². The molecule has 0 spiro atoms. The minimum Gasteiger partial charge on any atom is -0.390 e. The van der Waals surface area contributed by atoms with E-state index in [2.05, 4.69) is 46.0 Å². The number of nitrogens with zero attached hydrogens (tertiary/aromatic N) is 1. The van der Waals surface area contributed by atoms with Crippen LogP contribution in [-0.2, 0) is 6.42 Å². The summed E-state index contributed by atoms with van der Waals surface area (Å²) in [4.78, 5) is 2.30. The monoisotopic (exact) mass is 283 g/mol. The predicted octanol–water partition coefficient (Wildman–Crippen LogP) is 2.50. The number of alkyl halides is 1. The van der Waals surface area contributed by atoms with Crippen LogP contribution < -0.4 is 4.90 Å². The van der Waals surface area contributed by atoms with E-state index >= 15 is 0 Å². The number of aliphatic hydroxyl groups excluding tert-OH is 1. The lowest BCUT2D eigenvalue weighted by Gasteiger charge is -2.32. The van der Waals surface area contributed by atoms with E-state index < -0.39 is 0 Å². The van der Waals surface area contributed by atoms with Gasteiger partial charge in [0.25, 0.3) is 0 Å². The predicted molar refractivity (Wildman–Crippen MR) is 71.5 cm³/mol. The first kappa shape index (κ1) is 11.9. The Hall–Kier alpha value is -0.540. The van der Waals surface area contributed by atoms with Crippen LogP contribution in [0.4, 0.5) is 5.69 Å². The normalized spacial score (nSPS) is 17.1. The molecule has 1 aromatic carbocycles. The Bertz CT molecular complexity index is 367. The zero-order valence-electron chi connectivity index (χ0n) is 9.62. The van der Waals surface area contributed by atoms with Crippen LogP contribution in [0.1, 0.15) is 17.5 Å². The van der Waals surface area contributed by atoms with Crippen molar-refractivity contribution in [1.29, 1.82) is 0 Å². The minimum absolute atomic E-state index is 0.285. The van der Waals surface area contributed by atoms with Crippen LogP contribution in [0, 0.1) is 6.92 Å². The maximum atomic E-state index is 9.70. The highest BCUT2D eigenvalue weighted by Crippen LogP contribution is 2.27. The first-order valence-electron chi connectivity index (χ1n) is 5.79. The Kier molecular flexibility index (Phi) is 3.87. The molecule has 88 valence electrons. The lowest BCUT2D eigenvalue weighted by Crippen LogP contribution is -2.36. The van der Waals surface area contributed by atoms with Crippen molar-refractivity contribution in [3.05, 3.63) is 29.3 Å². The van der Waals surface area contributed by atoms with Crippen molar-refractivity contribution in [1.82, 2.24) is 0 Å². The summed E-state index contributed by atoms with van der Waals surface area (Å²) in [6.45, 7) is 3.91. The van der Waals surface area contributed by atoms with E-state index in [1.807, 2.05) is 0 Å². The molecule has 1 N–H and O–H groups in total. The molecule has 1 aliphatic rings. The third kappa shape index (κ3) is 2.58. The maximum absolute atomic E-state index is 9.70. The van der Waals surface area contributed by atoms with E-state index in [0.717, 1.165) is 19.5 Å². The summed E-state index contributed by atoms with van der Waals surface area (Å²) in [6, 6.07) is 6.60. The van der Waals surface area contributed by atoms with E-state index in [0.29, 0.717) is 5.33 Å². The molecule has 0 aromatic heterocycles. The molecule has 1 aliphatic heterocycles. The van der Waals surface area contributed by atoms with E-state index in [1.165, 1.54) is 23.2 Å². The zero-order chi connectivity index (χ0) is 11.5. The summed E-state index contributed by atoms with van der Waals surface area (Å²) >= 11 is 3.32. The molecule has 1 heterocycles. The van der Waals surface area contributed by atoms with E-state index in [9.17, 15) is 5.11 Å². The smallest absolute Gasteiger partial charge is 0.0811 e. The van der Waals surface area contributed by atoms with Crippen molar-refractivity contribution in [3.8, 4) is 0 Å². The molecule has 0 radical (unpaired) electrons. The minimum atomic E-state index is -0.285. The molecule has 1 atom stereocenters. The Morgan fingerprint density at radius 1 is 1.50 bits per heavy atom. The molecule has 0 fully saturated rings. The van der Waals surface area contributed by atoms with Gasteiger partial charge in [-0.2, -0.15) is 0 Å². The summed E-state index contributed by atoms with van der Waals surface area (Å²) in [6.07, 6.45) is 2.07. The van der Waals surface area contributed by atoms with Crippen molar-refractivity contribution >= 4 is 21.6 Å². The summed E-state index contributed by atoms with van der Waals surface area (Å²) < 4.78 is 0. The van der Waals surface area contributed by atoms with Crippen LogP contribution in [0.15, 0.2) is 18.2 Å². The molecule has 0 saturated carbocycles. The average Bonchev–Trinajstić information content (AvgIpc) is 2.28. The number of rotatable bonds is 3. The number of aliphatic hydroxyl groups is 1. The lowest BCUT2D eigenvalue weighted by atomic mass is 9.99. The van der Waals surface area contributed by atoms with Crippen LogP contribution in [0.2, 0.25) is 0 Å². The summed E-state index contributed by atoms with van der Waals surface area (Å²) in [5.41, 5.74) is 4.05. The van der Waals surface area contributed by atoms with Crippen molar-refractivity contribution in [2.75, 3.05) is 23.3 Å². The maximum Gasteiger partial charge on any atom is 0.0811 e. The molecule has 0 saturated heterocycles. The number of hydrogen-bond donors (Lipinski definition) is 1. The van der Waals surface area contributed by atoms with Gasteiger partial charge in [-0.05, 0) is 31.4 Å². The number of aryl methyl sites for hydroxylation is 2. The number of benzene rings is 1. The van der Waals surface area contributed by atoms with Gasteiger partial charge < -0.3 is 10.0 Å². The van der Waals surface area contributed by atoms with Crippen LogP contribution in [0.5, 0.6) is 0 Å². The van der Waals surface area contributed by atoms with Crippen LogP contribution >= 0.6 is 15.9 Å². The van der Waals surface area contributed by atoms with Gasteiger partial charge >= 0.3 is 0 Å². The number of fused-ring (bicyclic) bond motifs is 1. The van der Waals surface area contributed by atoms with Gasteiger partial charge in [-0.3, -0.25) is 0 Å². The summed E-state index contributed by atoms with van der Waals surface area (Å²) in [5.74, 6) is 0. The van der Waals surface area contributed by atoms with Gasteiger partial charge in [0.05, 0.1) is 6.10 Å². The number of halogens is 1. The highest BCUT2D eigenvalue weighted by molar-refractivity contribution is 9.09. The van der Waals surface area contributed by atoms with Gasteiger partial charge in [0, 0.05) is 24.1 Å². The fourth-order valence-corrected chi connectivity index (χ4v) is 2.50. The van der Waals surface area contributed by atoms with E-state index in [-0.39, 0.29) is 6.10 Å². The third-order valence-electron chi connectivity index (χ3n) is 3.06. The molecular formula is C13H18BrNO. The molecule has 1 unspecified atom stereocenters. The second-order valence-electron chi connectivity index (χ2n) is 4.49. The summed E-state index contributed by atoms with van der Waals surface area (Å²) in [7, 11) is 0. The fraction of sp³-hybridized carbons (Fsp3) is 0.538. The van der Waals surface area contributed by atoms with E-state index in [1.54, 1.807) is 0 Å². The average molecular weight is 284 g/mol. The number of hydrogen-bond acceptors (Lipinski definition) is 2. The Balaban J connectivity index is 2.19. The molecule has 2 rings (SSSR count). The topological polar surface area (TPSA) is 23.5 Å². The summed E-state index contributed by atoms with van der Waals surface area (Å²) in [5, 5.41) is 10.3. The standard InChI is InChI=1S/C13H18BrNO/c1-10-4-5-13-11(7-10)3-2-6-15(13)9-12(16)8-14/h4-5,7,12,16H,2-3,6,8-9H2,1H3. The Morgan fingerprint density at radius 3 is 3.06 bits per heavy atom. The van der Waals surface area contributed by atoms with Gasteiger partial charge in [0.2, 0.25) is 0 Å². The van der Waals surface area contributed by atoms with Gasteiger partial charge in [0.1, 0.15) is 0 Å². The van der Waals surface area contributed by atoms with Crippen LogP contribution in [-0.4, -0.2) is 29.6 Å². The third-order valence-corrected chi connectivity index (χ3v) is 3.81.